The predicted molar refractivity (Wildman–Crippen MR) is 77.1 cm³/mol. The van der Waals surface area contributed by atoms with E-state index in [1.54, 1.807) is 0 Å². The summed E-state index contributed by atoms with van der Waals surface area (Å²) in [5.41, 5.74) is 1.28. The number of nitrogens with one attached hydrogen (secondary N) is 1. The molecule has 1 aromatic carbocycles. The number of hydrogen-bond acceptors (Lipinski definition) is 2. The van der Waals surface area contributed by atoms with E-state index in [4.69, 9.17) is 4.74 Å². The van der Waals surface area contributed by atoms with Crippen LogP contribution in [0.2, 0.25) is 0 Å². The summed E-state index contributed by atoms with van der Waals surface area (Å²) in [6.45, 7) is 4.00. The second-order valence-electron chi connectivity index (χ2n) is 4.47. The minimum absolute atomic E-state index is 0.383. The van der Waals surface area contributed by atoms with Gasteiger partial charge in [-0.2, -0.15) is 0 Å². The zero-order chi connectivity index (χ0) is 12.3. The SMILES string of the molecule is CC(NCc1ccc(Br)c(Br)c1)C1CCCO1. The van der Waals surface area contributed by atoms with E-state index in [9.17, 15) is 0 Å². The highest BCUT2D eigenvalue weighted by molar-refractivity contribution is 9.13. The lowest BCUT2D eigenvalue weighted by Gasteiger charge is -2.20. The van der Waals surface area contributed by atoms with Crippen molar-refractivity contribution in [2.75, 3.05) is 6.61 Å². The van der Waals surface area contributed by atoms with Gasteiger partial charge in [-0.1, -0.05) is 6.07 Å². The minimum atomic E-state index is 0.383. The first-order chi connectivity index (χ1) is 8.16. The largest absolute Gasteiger partial charge is 0.377 e. The molecule has 2 atom stereocenters. The van der Waals surface area contributed by atoms with E-state index in [1.165, 1.54) is 18.4 Å². The van der Waals surface area contributed by atoms with Crippen molar-refractivity contribution in [1.82, 2.24) is 5.32 Å². The summed E-state index contributed by atoms with van der Waals surface area (Å²) in [6, 6.07) is 6.75. The van der Waals surface area contributed by atoms with Crippen LogP contribution in [-0.2, 0) is 11.3 Å². The fourth-order valence-electron chi connectivity index (χ4n) is 2.06. The van der Waals surface area contributed by atoms with Crippen molar-refractivity contribution in [2.24, 2.45) is 0 Å². The van der Waals surface area contributed by atoms with E-state index in [2.05, 4.69) is 62.3 Å². The van der Waals surface area contributed by atoms with Gasteiger partial charge in [-0.15, -0.1) is 0 Å². The van der Waals surface area contributed by atoms with Gasteiger partial charge in [0.05, 0.1) is 6.10 Å². The van der Waals surface area contributed by atoms with Gasteiger partial charge >= 0.3 is 0 Å². The molecule has 0 radical (unpaired) electrons. The average Bonchev–Trinajstić information content (AvgIpc) is 2.84. The second-order valence-corrected chi connectivity index (χ2v) is 6.18. The number of hydrogen-bond donors (Lipinski definition) is 1. The molecule has 0 aliphatic carbocycles. The third-order valence-electron chi connectivity index (χ3n) is 3.13. The molecule has 0 spiro atoms. The molecule has 0 saturated carbocycles. The first kappa shape index (κ1) is 13.5. The smallest absolute Gasteiger partial charge is 0.0726 e. The Bertz CT molecular complexity index is 378. The van der Waals surface area contributed by atoms with Crippen molar-refractivity contribution in [3.8, 4) is 0 Å². The molecule has 0 amide bonds. The van der Waals surface area contributed by atoms with E-state index in [-0.39, 0.29) is 0 Å². The van der Waals surface area contributed by atoms with Crippen LogP contribution in [0.1, 0.15) is 25.3 Å². The van der Waals surface area contributed by atoms with Crippen molar-refractivity contribution in [2.45, 2.75) is 38.5 Å². The fraction of sp³-hybridized carbons (Fsp3) is 0.538. The van der Waals surface area contributed by atoms with Crippen molar-refractivity contribution >= 4 is 31.9 Å². The maximum Gasteiger partial charge on any atom is 0.0726 e. The summed E-state index contributed by atoms with van der Waals surface area (Å²) in [4.78, 5) is 0. The molecule has 0 aromatic heterocycles. The molecule has 1 N–H and O–H groups in total. The summed E-state index contributed by atoms with van der Waals surface area (Å²) in [5.74, 6) is 0. The van der Waals surface area contributed by atoms with Crippen LogP contribution in [0.15, 0.2) is 27.1 Å². The lowest BCUT2D eigenvalue weighted by atomic mass is 10.1. The molecule has 17 heavy (non-hydrogen) atoms. The molecule has 1 aliphatic heterocycles. The summed E-state index contributed by atoms with van der Waals surface area (Å²) < 4.78 is 7.86. The van der Waals surface area contributed by atoms with Crippen molar-refractivity contribution in [1.29, 1.82) is 0 Å². The molecule has 1 saturated heterocycles. The molecule has 1 aromatic rings. The quantitative estimate of drug-likeness (QED) is 0.877. The standard InChI is InChI=1S/C13H17Br2NO/c1-9(13-3-2-6-17-13)16-8-10-4-5-11(14)12(15)7-10/h4-5,7,9,13,16H,2-3,6,8H2,1H3. The Hall–Kier alpha value is 0.1000. The van der Waals surface area contributed by atoms with Crippen molar-refractivity contribution in [3.63, 3.8) is 0 Å². The third-order valence-corrected chi connectivity index (χ3v) is 5.01. The fourth-order valence-corrected chi connectivity index (χ4v) is 2.73. The lowest BCUT2D eigenvalue weighted by molar-refractivity contribution is 0.0832. The summed E-state index contributed by atoms with van der Waals surface area (Å²) in [5, 5.41) is 3.53. The number of rotatable bonds is 4. The summed E-state index contributed by atoms with van der Waals surface area (Å²) in [6.07, 6.45) is 2.76. The van der Waals surface area contributed by atoms with Gasteiger partial charge in [0.1, 0.15) is 0 Å². The van der Waals surface area contributed by atoms with Crippen LogP contribution >= 0.6 is 31.9 Å². The van der Waals surface area contributed by atoms with E-state index in [0.29, 0.717) is 12.1 Å². The van der Waals surface area contributed by atoms with Gasteiger partial charge in [-0.05, 0) is 69.3 Å². The van der Waals surface area contributed by atoms with Gasteiger partial charge in [0.2, 0.25) is 0 Å². The van der Waals surface area contributed by atoms with Gasteiger partial charge in [-0.25, -0.2) is 0 Å². The number of ether oxygens (including phenoxy) is 1. The average molecular weight is 363 g/mol. The Labute approximate surface area is 119 Å². The Morgan fingerprint density at radius 1 is 1.41 bits per heavy atom. The monoisotopic (exact) mass is 361 g/mol. The molecule has 1 heterocycles. The Balaban J connectivity index is 1.86. The van der Waals surface area contributed by atoms with Crippen LogP contribution in [0.25, 0.3) is 0 Å². The van der Waals surface area contributed by atoms with Crippen molar-refractivity contribution in [3.05, 3.63) is 32.7 Å². The van der Waals surface area contributed by atoms with Crippen LogP contribution in [0.3, 0.4) is 0 Å². The molecule has 2 rings (SSSR count). The van der Waals surface area contributed by atoms with E-state index < -0.39 is 0 Å². The van der Waals surface area contributed by atoms with Crippen LogP contribution in [0, 0.1) is 0 Å². The highest BCUT2D eigenvalue weighted by Gasteiger charge is 2.21. The maximum atomic E-state index is 5.67. The van der Waals surface area contributed by atoms with E-state index >= 15 is 0 Å². The maximum absolute atomic E-state index is 5.67. The zero-order valence-electron chi connectivity index (χ0n) is 9.88. The van der Waals surface area contributed by atoms with Gasteiger partial charge in [0, 0.05) is 28.1 Å². The van der Waals surface area contributed by atoms with E-state index in [1.807, 2.05) is 0 Å². The van der Waals surface area contributed by atoms with Crippen LogP contribution in [-0.4, -0.2) is 18.8 Å². The van der Waals surface area contributed by atoms with Crippen LogP contribution < -0.4 is 5.32 Å². The molecular formula is C13H17Br2NO. The van der Waals surface area contributed by atoms with E-state index in [0.717, 1.165) is 22.1 Å². The zero-order valence-corrected chi connectivity index (χ0v) is 13.1. The first-order valence-corrected chi connectivity index (χ1v) is 7.54. The van der Waals surface area contributed by atoms with Crippen LogP contribution in [0.4, 0.5) is 0 Å². The highest BCUT2D eigenvalue weighted by atomic mass is 79.9. The van der Waals surface area contributed by atoms with Crippen LogP contribution in [0.5, 0.6) is 0 Å². The molecule has 1 aliphatic rings. The highest BCUT2D eigenvalue weighted by Crippen LogP contribution is 2.24. The third kappa shape index (κ3) is 3.78. The second kappa shape index (κ2) is 6.32. The molecule has 94 valence electrons. The number of benzene rings is 1. The van der Waals surface area contributed by atoms with Gasteiger partial charge in [-0.3, -0.25) is 0 Å². The number of halogens is 2. The molecular weight excluding hydrogens is 346 g/mol. The normalized spacial score (nSPS) is 21.7. The summed E-state index contributed by atoms with van der Waals surface area (Å²) in [7, 11) is 0. The predicted octanol–water partition coefficient (Wildman–Crippen LogP) is 3.87. The Morgan fingerprint density at radius 3 is 2.88 bits per heavy atom. The van der Waals surface area contributed by atoms with Crippen molar-refractivity contribution < 1.29 is 4.74 Å². The molecule has 4 heteroatoms. The topological polar surface area (TPSA) is 21.3 Å². The molecule has 2 unspecified atom stereocenters. The van der Waals surface area contributed by atoms with Gasteiger partial charge in [0.25, 0.3) is 0 Å². The Kier molecular flexibility index (Phi) is 5.03. The summed E-state index contributed by atoms with van der Waals surface area (Å²) >= 11 is 7.00. The minimum Gasteiger partial charge on any atom is -0.377 e. The Morgan fingerprint density at radius 2 is 2.24 bits per heavy atom. The molecule has 1 fully saturated rings. The van der Waals surface area contributed by atoms with Gasteiger partial charge in [0.15, 0.2) is 0 Å². The first-order valence-electron chi connectivity index (χ1n) is 5.96. The lowest BCUT2D eigenvalue weighted by Crippen LogP contribution is -2.36. The molecule has 0 bridgehead atoms. The van der Waals surface area contributed by atoms with Gasteiger partial charge < -0.3 is 10.1 Å². The molecule has 2 nitrogen and oxygen atoms in total.